The van der Waals surface area contributed by atoms with E-state index in [-0.39, 0.29) is 0 Å². The predicted molar refractivity (Wildman–Crippen MR) is 65.5 cm³/mol. The van der Waals surface area contributed by atoms with Crippen LogP contribution in [-0.2, 0) is 0 Å². The first-order valence-electron chi connectivity index (χ1n) is 6.46. The average molecular weight is 246 g/mol. The van der Waals surface area contributed by atoms with Gasteiger partial charge in [-0.3, -0.25) is 14.8 Å². The summed E-state index contributed by atoms with van der Waals surface area (Å²) >= 11 is 0. The van der Waals surface area contributed by atoms with Gasteiger partial charge in [-0.15, -0.1) is 0 Å². The molecule has 2 fully saturated rings. The fourth-order valence-corrected chi connectivity index (χ4v) is 3.51. The second kappa shape index (κ2) is 3.34. The van der Waals surface area contributed by atoms with Crippen molar-refractivity contribution in [2.24, 2.45) is 11.8 Å². The van der Waals surface area contributed by atoms with E-state index < -0.39 is 11.2 Å². The van der Waals surface area contributed by atoms with Gasteiger partial charge < -0.3 is 4.98 Å². The molecule has 0 bridgehead atoms. The molecular formula is C12H14N4O2. The molecule has 6 heteroatoms. The van der Waals surface area contributed by atoms with Crippen LogP contribution < -0.4 is 11.2 Å². The van der Waals surface area contributed by atoms with Crippen LogP contribution in [0.3, 0.4) is 0 Å². The van der Waals surface area contributed by atoms with Gasteiger partial charge in [0.2, 0.25) is 0 Å². The van der Waals surface area contributed by atoms with Crippen molar-refractivity contribution in [1.82, 2.24) is 19.9 Å². The van der Waals surface area contributed by atoms with Gasteiger partial charge in [0, 0.05) is 5.92 Å². The third kappa shape index (κ3) is 1.31. The predicted octanol–water partition coefficient (Wildman–Crippen LogP) is 0.843. The quantitative estimate of drug-likeness (QED) is 0.696. The number of aromatic nitrogens is 4. The number of imidazole rings is 1. The van der Waals surface area contributed by atoms with Crippen molar-refractivity contribution in [1.29, 1.82) is 0 Å². The second-order valence-corrected chi connectivity index (χ2v) is 5.39. The van der Waals surface area contributed by atoms with E-state index in [1.54, 1.807) is 0 Å². The Hall–Kier alpha value is -1.85. The van der Waals surface area contributed by atoms with Crippen LogP contribution in [-0.4, -0.2) is 19.9 Å². The van der Waals surface area contributed by atoms with Crippen molar-refractivity contribution in [3.05, 3.63) is 26.7 Å². The summed E-state index contributed by atoms with van der Waals surface area (Å²) < 4.78 is 0. The van der Waals surface area contributed by atoms with Crippen LogP contribution in [0.15, 0.2) is 9.59 Å². The number of nitrogens with one attached hydrogen (secondary N) is 3. The van der Waals surface area contributed by atoms with Gasteiger partial charge in [0.25, 0.3) is 5.56 Å². The summed E-state index contributed by atoms with van der Waals surface area (Å²) in [6, 6.07) is 0. The highest BCUT2D eigenvalue weighted by molar-refractivity contribution is 5.68. The largest absolute Gasteiger partial charge is 0.336 e. The normalized spacial score (nSPS) is 30.3. The molecule has 2 atom stereocenters. The van der Waals surface area contributed by atoms with Gasteiger partial charge in [-0.1, -0.05) is 12.8 Å². The number of rotatable bonds is 1. The third-order valence-corrected chi connectivity index (χ3v) is 4.38. The van der Waals surface area contributed by atoms with Crippen LogP contribution >= 0.6 is 0 Å². The number of aromatic amines is 3. The van der Waals surface area contributed by atoms with Gasteiger partial charge in [-0.05, 0) is 24.7 Å². The molecule has 4 rings (SSSR count). The van der Waals surface area contributed by atoms with E-state index in [1.807, 2.05) is 0 Å². The third-order valence-electron chi connectivity index (χ3n) is 4.38. The van der Waals surface area contributed by atoms with Crippen molar-refractivity contribution in [3.8, 4) is 0 Å². The van der Waals surface area contributed by atoms with Crippen LogP contribution in [0.1, 0.15) is 37.4 Å². The summed E-state index contributed by atoms with van der Waals surface area (Å²) in [4.78, 5) is 35.1. The topological polar surface area (TPSA) is 94.4 Å². The molecule has 2 aromatic rings. The first kappa shape index (κ1) is 10.1. The lowest BCUT2D eigenvalue weighted by Crippen LogP contribution is -2.21. The Morgan fingerprint density at radius 3 is 2.44 bits per heavy atom. The number of fused-ring (bicyclic) bond motifs is 2. The van der Waals surface area contributed by atoms with E-state index in [0.717, 1.165) is 17.7 Å². The Bertz CT molecular complexity index is 713. The zero-order chi connectivity index (χ0) is 12.3. The molecule has 0 saturated heterocycles. The molecule has 2 unspecified atom stereocenters. The molecule has 0 aromatic carbocycles. The molecule has 18 heavy (non-hydrogen) atoms. The molecule has 0 spiro atoms. The average Bonchev–Trinajstić information content (AvgIpc) is 2.92. The van der Waals surface area contributed by atoms with Crippen molar-refractivity contribution < 1.29 is 0 Å². The van der Waals surface area contributed by atoms with Gasteiger partial charge in [0.05, 0.1) is 0 Å². The van der Waals surface area contributed by atoms with E-state index in [0.29, 0.717) is 17.1 Å². The number of H-pyrrole nitrogens is 3. The molecule has 0 amide bonds. The molecule has 2 heterocycles. The first-order chi connectivity index (χ1) is 8.74. The Kier molecular flexibility index (Phi) is 1.87. The Morgan fingerprint density at radius 2 is 1.72 bits per heavy atom. The SMILES string of the molecule is O=c1[nH]c(=O)c2[nH]c(C3C4CCCCC43)nc2[nH]1. The fourth-order valence-electron chi connectivity index (χ4n) is 3.51. The summed E-state index contributed by atoms with van der Waals surface area (Å²) in [5.41, 5.74) is -0.134. The van der Waals surface area contributed by atoms with E-state index in [4.69, 9.17) is 0 Å². The zero-order valence-electron chi connectivity index (χ0n) is 9.82. The van der Waals surface area contributed by atoms with Gasteiger partial charge >= 0.3 is 5.69 Å². The minimum atomic E-state index is -0.501. The Labute approximate surface area is 102 Å². The second-order valence-electron chi connectivity index (χ2n) is 5.39. The number of nitrogens with zero attached hydrogens (tertiary/aromatic N) is 1. The molecule has 3 N–H and O–H groups in total. The van der Waals surface area contributed by atoms with Gasteiger partial charge in [-0.2, -0.15) is 0 Å². The smallest absolute Gasteiger partial charge is 0.327 e. The molecular weight excluding hydrogens is 232 g/mol. The minimum absolute atomic E-state index is 0.377. The summed E-state index contributed by atoms with van der Waals surface area (Å²) in [5.74, 6) is 2.78. The van der Waals surface area contributed by atoms with Crippen molar-refractivity contribution >= 4 is 11.2 Å². The highest BCUT2D eigenvalue weighted by Crippen LogP contribution is 2.60. The standard InChI is InChI=1S/C12H14N4O2/c17-11-8-10(15-12(18)16-11)14-9(13-8)7-5-3-1-2-4-6(5)7/h5-7H,1-4H2,(H3,13,14,15,16,17,18). The van der Waals surface area contributed by atoms with E-state index >= 15 is 0 Å². The van der Waals surface area contributed by atoms with Gasteiger partial charge in [-0.25, -0.2) is 9.78 Å². The molecule has 2 aliphatic carbocycles. The monoisotopic (exact) mass is 246 g/mol. The first-order valence-corrected chi connectivity index (χ1v) is 6.46. The van der Waals surface area contributed by atoms with E-state index in [2.05, 4.69) is 19.9 Å². The highest BCUT2D eigenvalue weighted by atomic mass is 16.2. The van der Waals surface area contributed by atoms with Crippen LogP contribution in [0.25, 0.3) is 11.2 Å². The molecule has 94 valence electrons. The maximum absolute atomic E-state index is 11.6. The van der Waals surface area contributed by atoms with E-state index in [9.17, 15) is 9.59 Å². The molecule has 2 aromatic heterocycles. The lowest BCUT2D eigenvalue weighted by Gasteiger charge is -2.04. The molecule has 2 aliphatic rings. The lowest BCUT2D eigenvalue weighted by molar-refractivity contribution is 0.480. The minimum Gasteiger partial charge on any atom is -0.336 e. The molecule has 2 saturated carbocycles. The Balaban J connectivity index is 1.81. The van der Waals surface area contributed by atoms with Crippen LogP contribution in [0.4, 0.5) is 0 Å². The summed E-state index contributed by atoms with van der Waals surface area (Å²) in [7, 11) is 0. The van der Waals surface area contributed by atoms with Gasteiger partial charge in [0.1, 0.15) is 11.3 Å². The summed E-state index contributed by atoms with van der Waals surface area (Å²) in [5, 5.41) is 0. The fraction of sp³-hybridized carbons (Fsp3) is 0.583. The van der Waals surface area contributed by atoms with Crippen molar-refractivity contribution in [2.45, 2.75) is 31.6 Å². The van der Waals surface area contributed by atoms with Crippen molar-refractivity contribution in [2.75, 3.05) is 0 Å². The molecule has 6 nitrogen and oxygen atoms in total. The molecule has 0 aliphatic heterocycles. The summed E-state index contributed by atoms with van der Waals surface area (Å²) in [6.45, 7) is 0. The summed E-state index contributed by atoms with van der Waals surface area (Å²) in [6.07, 6.45) is 5.13. The van der Waals surface area contributed by atoms with Crippen LogP contribution in [0.2, 0.25) is 0 Å². The highest BCUT2D eigenvalue weighted by Gasteiger charge is 2.52. The van der Waals surface area contributed by atoms with Gasteiger partial charge in [0.15, 0.2) is 5.65 Å². The number of hydrogen-bond donors (Lipinski definition) is 3. The Morgan fingerprint density at radius 1 is 1.00 bits per heavy atom. The maximum Gasteiger partial charge on any atom is 0.327 e. The maximum atomic E-state index is 11.6. The van der Waals surface area contributed by atoms with Crippen LogP contribution in [0.5, 0.6) is 0 Å². The van der Waals surface area contributed by atoms with Crippen LogP contribution in [0, 0.1) is 11.8 Å². The number of hydrogen-bond acceptors (Lipinski definition) is 3. The lowest BCUT2D eigenvalue weighted by atomic mass is 10.0. The zero-order valence-corrected chi connectivity index (χ0v) is 9.82. The van der Waals surface area contributed by atoms with Crippen molar-refractivity contribution in [3.63, 3.8) is 0 Å². The molecule has 0 radical (unpaired) electrons. The van der Waals surface area contributed by atoms with E-state index in [1.165, 1.54) is 25.7 Å².